The molecule has 0 bridgehead atoms. The van der Waals surface area contributed by atoms with E-state index in [0.717, 1.165) is 0 Å². The molecular weight excluding hydrogens is 312 g/mol. The lowest BCUT2D eigenvalue weighted by Gasteiger charge is -2.06. The number of hydrogen-bond donors (Lipinski definition) is 1. The molecule has 2 aromatic carbocycles. The number of phenolic OH excluding ortho intramolecular Hbond substituents is 1. The van der Waals surface area contributed by atoms with Crippen molar-refractivity contribution in [2.75, 3.05) is 13.7 Å². The average molecular weight is 328 g/mol. The molecule has 7 nitrogen and oxygen atoms in total. The van der Waals surface area contributed by atoms with E-state index in [0.29, 0.717) is 23.2 Å². The van der Waals surface area contributed by atoms with Crippen molar-refractivity contribution in [3.05, 3.63) is 47.5 Å². The molecule has 0 heterocycles. The number of rotatable bonds is 6. The summed E-state index contributed by atoms with van der Waals surface area (Å²) in [5.41, 5.74) is 1.18. The fraction of sp³-hybridized carbons (Fsp3) is 0.176. The molecule has 0 aliphatic carbocycles. The molecule has 0 saturated carbocycles. The average Bonchev–Trinajstić information content (AvgIpc) is 2.61. The van der Waals surface area contributed by atoms with Gasteiger partial charge in [-0.3, -0.25) is 4.79 Å². The molecule has 0 radical (unpaired) electrons. The Hall–Kier alpha value is -3.22. The lowest BCUT2D eigenvalue weighted by atomic mass is 10.2. The molecule has 0 unspecified atom stereocenters. The second-order valence-corrected chi connectivity index (χ2v) is 4.67. The number of aldehydes is 1. The van der Waals surface area contributed by atoms with Gasteiger partial charge >= 0.3 is 5.97 Å². The van der Waals surface area contributed by atoms with E-state index < -0.39 is 5.97 Å². The number of carbonyl (C=O) groups excluding carboxylic acids is 2. The Labute approximate surface area is 138 Å². The van der Waals surface area contributed by atoms with Gasteiger partial charge in [0.15, 0.2) is 17.8 Å². The molecule has 2 aromatic rings. The van der Waals surface area contributed by atoms with Gasteiger partial charge in [0.1, 0.15) is 0 Å². The quantitative estimate of drug-likeness (QED) is 0.494. The van der Waals surface area contributed by atoms with Crippen molar-refractivity contribution in [2.24, 2.45) is 10.2 Å². The Balaban J connectivity index is 2.29. The van der Waals surface area contributed by atoms with Gasteiger partial charge < -0.3 is 14.6 Å². The van der Waals surface area contributed by atoms with Gasteiger partial charge in [0.2, 0.25) is 0 Å². The zero-order chi connectivity index (χ0) is 17.5. The van der Waals surface area contributed by atoms with Crippen LogP contribution in [0.5, 0.6) is 11.5 Å². The molecule has 0 fully saturated rings. The number of hydrogen-bond acceptors (Lipinski definition) is 7. The molecule has 24 heavy (non-hydrogen) atoms. The summed E-state index contributed by atoms with van der Waals surface area (Å²) < 4.78 is 9.91. The number of carbonyl (C=O) groups is 2. The van der Waals surface area contributed by atoms with E-state index >= 15 is 0 Å². The Morgan fingerprint density at radius 2 is 1.96 bits per heavy atom. The van der Waals surface area contributed by atoms with Gasteiger partial charge in [-0.15, -0.1) is 0 Å². The number of phenols is 1. The minimum absolute atomic E-state index is 0.0450. The molecule has 1 N–H and O–H groups in total. The standard InChI is InChI=1S/C17H16N2O5/c1-3-24-17(22)11-5-4-6-13(7-11)18-19-14-8-12(10-20)16(21)15(9-14)23-2/h4-10,21H,3H2,1-2H3. The first kappa shape index (κ1) is 17.1. The number of methoxy groups -OCH3 is 1. The molecule has 124 valence electrons. The van der Waals surface area contributed by atoms with Gasteiger partial charge in [-0.2, -0.15) is 10.2 Å². The molecule has 0 saturated heterocycles. The Kier molecular flexibility index (Phi) is 5.62. The molecule has 0 aliphatic rings. The van der Waals surface area contributed by atoms with Crippen molar-refractivity contribution in [2.45, 2.75) is 6.92 Å². The Bertz CT molecular complexity index is 787. The number of aromatic hydroxyl groups is 1. The van der Waals surface area contributed by atoms with E-state index in [1.54, 1.807) is 31.2 Å². The zero-order valence-electron chi connectivity index (χ0n) is 13.2. The van der Waals surface area contributed by atoms with Crippen LogP contribution in [0, 0.1) is 0 Å². The lowest BCUT2D eigenvalue weighted by molar-refractivity contribution is 0.0526. The van der Waals surface area contributed by atoms with Gasteiger partial charge in [-0.05, 0) is 31.2 Å². The maximum atomic E-state index is 11.7. The summed E-state index contributed by atoms with van der Waals surface area (Å²) in [6.07, 6.45) is 0.498. The second-order valence-electron chi connectivity index (χ2n) is 4.67. The molecule has 0 aromatic heterocycles. The zero-order valence-corrected chi connectivity index (χ0v) is 13.2. The summed E-state index contributed by atoms with van der Waals surface area (Å²) in [6.45, 7) is 2.01. The maximum Gasteiger partial charge on any atom is 0.338 e. The van der Waals surface area contributed by atoms with Gasteiger partial charge in [-0.25, -0.2) is 4.79 Å². The number of ether oxygens (including phenoxy) is 2. The largest absolute Gasteiger partial charge is 0.504 e. The van der Waals surface area contributed by atoms with Crippen LogP contribution in [0.2, 0.25) is 0 Å². The third kappa shape index (κ3) is 3.95. The van der Waals surface area contributed by atoms with Gasteiger partial charge in [-0.1, -0.05) is 6.07 Å². The van der Waals surface area contributed by atoms with Crippen LogP contribution in [0.25, 0.3) is 0 Å². The van der Waals surface area contributed by atoms with Crippen LogP contribution in [-0.4, -0.2) is 31.1 Å². The minimum atomic E-state index is -0.441. The highest BCUT2D eigenvalue weighted by atomic mass is 16.5. The lowest BCUT2D eigenvalue weighted by Crippen LogP contribution is -2.03. The molecule has 0 amide bonds. The van der Waals surface area contributed by atoms with Gasteiger partial charge in [0, 0.05) is 6.07 Å². The van der Waals surface area contributed by atoms with E-state index in [1.165, 1.54) is 19.2 Å². The SMILES string of the molecule is CCOC(=O)c1cccc(N=Nc2cc(C=O)c(O)c(OC)c2)c1. The highest BCUT2D eigenvalue weighted by Crippen LogP contribution is 2.34. The normalized spacial score (nSPS) is 10.6. The molecule has 0 aliphatic heterocycles. The predicted octanol–water partition coefficient (Wildman–Crippen LogP) is 3.81. The van der Waals surface area contributed by atoms with Crippen LogP contribution in [0.1, 0.15) is 27.6 Å². The monoisotopic (exact) mass is 328 g/mol. The third-order valence-corrected chi connectivity index (χ3v) is 3.07. The van der Waals surface area contributed by atoms with Crippen LogP contribution >= 0.6 is 0 Å². The number of azo groups is 1. The topological polar surface area (TPSA) is 97.6 Å². The van der Waals surface area contributed by atoms with Crippen molar-refractivity contribution in [3.63, 3.8) is 0 Å². The molecule has 0 spiro atoms. The van der Waals surface area contributed by atoms with Crippen molar-refractivity contribution in [1.82, 2.24) is 0 Å². The number of esters is 1. The smallest absolute Gasteiger partial charge is 0.338 e. The van der Waals surface area contributed by atoms with Crippen LogP contribution in [0.3, 0.4) is 0 Å². The Morgan fingerprint density at radius 3 is 2.62 bits per heavy atom. The first-order chi connectivity index (χ1) is 11.6. The van der Waals surface area contributed by atoms with Gasteiger partial charge in [0.05, 0.1) is 36.2 Å². The molecule has 7 heteroatoms. The predicted molar refractivity (Wildman–Crippen MR) is 86.6 cm³/mol. The molecular formula is C17H16N2O5. The van der Waals surface area contributed by atoms with E-state index in [4.69, 9.17) is 9.47 Å². The number of benzene rings is 2. The minimum Gasteiger partial charge on any atom is -0.504 e. The van der Waals surface area contributed by atoms with Crippen molar-refractivity contribution in [3.8, 4) is 11.5 Å². The molecule has 0 atom stereocenters. The van der Waals surface area contributed by atoms with Crippen molar-refractivity contribution >= 4 is 23.6 Å². The first-order valence-electron chi connectivity index (χ1n) is 7.14. The van der Waals surface area contributed by atoms with Crippen molar-refractivity contribution in [1.29, 1.82) is 0 Å². The van der Waals surface area contributed by atoms with Crippen LogP contribution in [0.4, 0.5) is 11.4 Å². The van der Waals surface area contributed by atoms with E-state index in [-0.39, 0.29) is 23.7 Å². The van der Waals surface area contributed by atoms with E-state index in [9.17, 15) is 14.7 Å². The van der Waals surface area contributed by atoms with E-state index in [1.807, 2.05) is 0 Å². The maximum absolute atomic E-state index is 11.7. The highest BCUT2D eigenvalue weighted by Gasteiger charge is 2.10. The summed E-state index contributed by atoms with van der Waals surface area (Å²) in [4.78, 5) is 22.7. The van der Waals surface area contributed by atoms with Crippen molar-refractivity contribution < 1.29 is 24.2 Å². The molecule has 2 rings (SSSR count). The summed E-state index contributed by atoms with van der Waals surface area (Å²) in [5.74, 6) is -0.575. The second kappa shape index (κ2) is 7.87. The summed E-state index contributed by atoms with van der Waals surface area (Å²) in [6, 6.07) is 9.31. The number of nitrogens with zero attached hydrogens (tertiary/aromatic N) is 2. The van der Waals surface area contributed by atoms with Crippen LogP contribution < -0.4 is 4.74 Å². The van der Waals surface area contributed by atoms with Crippen LogP contribution in [-0.2, 0) is 4.74 Å². The van der Waals surface area contributed by atoms with E-state index in [2.05, 4.69) is 10.2 Å². The highest BCUT2D eigenvalue weighted by molar-refractivity contribution is 5.90. The summed E-state index contributed by atoms with van der Waals surface area (Å²) in [5, 5.41) is 17.8. The first-order valence-corrected chi connectivity index (χ1v) is 7.14. The van der Waals surface area contributed by atoms with Crippen LogP contribution in [0.15, 0.2) is 46.6 Å². The fourth-order valence-corrected chi connectivity index (χ4v) is 1.94. The summed E-state index contributed by atoms with van der Waals surface area (Å²) >= 11 is 0. The fourth-order valence-electron chi connectivity index (χ4n) is 1.94. The third-order valence-electron chi connectivity index (χ3n) is 3.07. The summed E-state index contributed by atoms with van der Waals surface area (Å²) in [7, 11) is 1.37. The Morgan fingerprint density at radius 1 is 1.21 bits per heavy atom. The van der Waals surface area contributed by atoms with Gasteiger partial charge in [0.25, 0.3) is 0 Å².